The van der Waals surface area contributed by atoms with Crippen molar-refractivity contribution in [3.8, 4) is 0 Å². The number of ether oxygens (including phenoxy) is 1. The Kier molecular flexibility index (Phi) is 6.41. The van der Waals surface area contributed by atoms with E-state index in [4.69, 9.17) is 4.74 Å². The number of nitrogens with zero attached hydrogens (tertiary/aromatic N) is 2. The van der Waals surface area contributed by atoms with Gasteiger partial charge in [0.15, 0.2) is 0 Å². The van der Waals surface area contributed by atoms with Crippen molar-refractivity contribution in [2.75, 3.05) is 52.5 Å². The van der Waals surface area contributed by atoms with Gasteiger partial charge in [-0.15, -0.1) is 0 Å². The van der Waals surface area contributed by atoms with Crippen molar-refractivity contribution in [1.82, 2.24) is 15.1 Å². The highest BCUT2D eigenvalue weighted by atomic mass is 16.5. The van der Waals surface area contributed by atoms with Crippen LogP contribution in [0.3, 0.4) is 0 Å². The fraction of sp³-hybridized carbons (Fsp3) is 0.933. The minimum atomic E-state index is -0.0859. The van der Waals surface area contributed by atoms with Gasteiger partial charge in [-0.25, -0.2) is 0 Å². The molecular formula is C15H29N3O3. The summed E-state index contributed by atoms with van der Waals surface area (Å²) in [5.74, 6) is 0.645. The molecule has 21 heavy (non-hydrogen) atoms. The largest absolute Gasteiger partial charge is 0.394 e. The molecule has 122 valence electrons. The van der Waals surface area contributed by atoms with Crippen molar-refractivity contribution in [3.05, 3.63) is 0 Å². The number of hydrogen-bond donors (Lipinski definition) is 2. The quantitative estimate of drug-likeness (QED) is 0.718. The molecule has 2 saturated heterocycles. The minimum absolute atomic E-state index is 0.0289. The lowest BCUT2D eigenvalue weighted by Gasteiger charge is -2.41. The number of aliphatic hydroxyl groups excluding tert-OH is 1. The summed E-state index contributed by atoms with van der Waals surface area (Å²) in [6.45, 7) is 9.86. The van der Waals surface area contributed by atoms with E-state index in [0.29, 0.717) is 31.5 Å². The average molecular weight is 299 g/mol. The lowest BCUT2D eigenvalue weighted by molar-refractivity contribution is -0.137. The Morgan fingerprint density at radius 2 is 2.10 bits per heavy atom. The van der Waals surface area contributed by atoms with Crippen LogP contribution >= 0.6 is 0 Å². The van der Waals surface area contributed by atoms with Gasteiger partial charge in [-0.2, -0.15) is 0 Å². The third-order valence-corrected chi connectivity index (χ3v) is 4.53. The molecule has 2 aliphatic rings. The molecule has 1 amide bonds. The second-order valence-corrected chi connectivity index (χ2v) is 6.35. The average Bonchev–Trinajstić information content (AvgIpc) is 2.52. The van der Waals surface area contributed by atoms with Gasteiger partial charge in [0, 0.05) is 45.2 Å². The van der Waals surface area contributed by atoms with E-state index in [1.165, 1.54) is 0 Å². The number of carbonyl (C=O) groups is 1. The van der Waals surface area contributed by atoms with Crippen molar-refractivity contribution >= 4 is 5.91 Å². The molecule has 6 nitrogen and oxygen atoms in total. The first-order chi connectivity index (χ1) is 10.1. The summed E-state index contributed by atoms with van der Waals surface area (Å²) in [4.78, 5) is 16.7. The van der Waals surface area contributed by atoms with E-state index in [9.17, 15) is 9.90 Å². The Bertz CT molecular complexity index is 332. The molecule has 2 atom stereocenters. The van der Waals surface area contributed by atoms with E-state index >= 15 is 0 Å². The summed E-state index contributed by atoms with van der Waals surface area (Å²) < 4.78 is 5.32. The van der Waals surface area contributed by atoms with Crippen LogP contribution in [0.2, 0.25) is 0 Å². The van der Waals surface area contributed by atoms with Crippen LogP contribution in [0.25, 0.3) is 0 Å². The van der Waals surface area contributed by atoms with Crippen LogP contribution in [0.15, 0.2) is 0 Å². The number of morpholine rings is 1. The smallest absolute Gasteiger partial charge is 0.224 e. The van der Waals surface area contributed by atoms with E-state index < -0.39 is 0 Å². The molecule has 2 unspecified atom stereocenters. The zero-order chi connectivity index (χ0) is 15.2. The number of carbonyl (C=O) groups excluding carboxylic acids is 1. The molecule has 2 N–H and O–H groups in total. The van der Waals surface area contributed by atoms with Crippen molar-refractivity contribution < 1.29 is 14.6 Å². The van der Waals surface area contributed by atoms with Gasteiger partial charge in [0.05, 0.1) is 25.9 Å². The molecule has 2 heterocycles. The zero-order valence-electron chi connectivity index (χ0n) is 13.3. The lowest BCUT2D eigenvalue weighted by Crippen LogP contribution is -2.61. The highest BCUT2D eigenvalue weighted by molar-refractivity contribution is 5.77. The molecule has 6 heteroatoms. The summed E-state index contributed by atoms with van der Waals surface area (Å²) in [7, 11) is 0. The molecule has 2 aliphatic heterocycles. The molecule has 0 saturated carbocycles. The molecule has 2 rings (SSSR count). The van der Waals surface area contributed by atoms with Gasteiger partial charge >= 0.3 is 0 Å². The fourth-order valence-electron chi connectivity index (χ4n) is 2.96. The van der Waals surface area contributed by atoms with Gasteiger partial charge in [0.25, 0.3) is 0 Å². The third-order valence-electron chi connectivity index (χ3n) is 4.53. The van der Waals surface area contributed by atoms with Crippen LogP contribution in [0, 0.1) is 5.92 Å². The molecule has 0 radical (unpaired) electrons. The lowest BCUT2D eigenvalue weighted by atomic mass is 9.99. The maximum atomic E-state index is 12.5. The monoisotopic (exact) mass is 299 g/mol. The summed E-state index contributed by atoms with van der Waals surface area (Å²) in [6.07, 6.45) is 0.529. The molecule has 0 aromatic heterocycles. The van der Waals surface area contributed by atoms with Gasteiger partial charge in [-0.3, -0.25) is 9.69 Å². The Morgan fingerprint density at radius 3 is 2.71 bits per heavy atom. The molecular weight excluding hydrogens is 270 g/mol. The molecule has 0 spiro atoms. The van der Waals surface area contributed by atoms with Crippen LogP contribution in [0.4, 0.5) is 0 Å². The van der Waals surface area contributed by atoms with Gasteiger partial charge in [0.2, 0.25) is 5.91 Å². The van der Waals surface area contributed by atoms with E-state index in [0.717, 1.165) is 32.8 Å². The molecule has 0 aromatic carbocycles. The van der Waals surface area contributed by atoms with Crippen molar-refractivity contribution in [1.29, 1.82) is 0 Å². The second kappa shape index (κ2) is 8.08. The number of amides is 1. The Balaban J connectivity index is 1.84. The van der Waals surface area contributed by atoms with Crippen molar-refractivity contribution in [3.63, 3.8) is 0 Å². The second-order valence-electron chi connectivity index (χ2n) is 6.35. The van der Waals surface area contributed by atoms with Crippen LogP contribution < -0.4 is 5.32 Å². The number of rotatable bonds is 5. The van der Waals surface area contributed by atoms with Crippen LogP contribution in [0.1, 0.15) is 20.3 Å². The molecule has 0 aromatic rings. The zero-order valence-corrected chi connectivity index (χ0v) is 13.3. The van der Waals surface area contributed by atoms with Crippen molar-refractivity contribution in [2.45, 2.75) is 32.4 Å². The standard InChI is InChI=1S/C15H29N3O3/c1-12(2)14-10-18(13(11-19)9-16-14)15(20)3-4-17-5-7-21-8-6-17/h12-14,16,19H,3-11H2,1-2H3. The predicted octanol–water partition coefficient (Wildman–Crippen LogP) is -0.474. The maximum Gasteiger partial charge on any atom is 0.224 e. The van der Waals surface area contributed by atoms with Gasteiger partial charge in [0.1, 0.15) is 0 Å². The number of hydrogen-bond acceptors (Lipinski definition) is 5. The molecule has 0 aliphatic carbocycles. The summed E-state index contributed by atoms with van der Waals surface area (Å²) in [5, 5.41) is 12.9. The van der Waals surface area contributed by atoms with Crippen LogP contribution in [-0.2, 0) is 9.53 Å². The normalized spacial score (nSPS) is 28.1. The molecule has 2 fully saturated rings. The first-order valence-electron chi connectivity index (χ1n) is 8.05. The van der Waals surface area contributed by atoms with Gasteiger partial charge < -0.3 is 20.1 Å². The third kappa shape index (κ3) is 4.64. The van der Waals surface area contributed by atoms with E-state index in [1.54, 1.807) is 0 Å². The van der Waals surface area contributed by atoms with Gasteiger partial charge in [-0.1, -0.05) is 13.8 Å². The van der Waals surface area contributed by atoms with Crippen LogP contribution in [-0.4, -0.2) is 85.4 Å². The highest BCUT2D eigenvalue weighted by Gasteiger charge is 2.31. The van der Waals surface area contributed by atoms with E-state index in [2.05, 4.69) is 24.1 Å². The summed E-state index contributed by atoms with van der Waals surface area (Å²) in [6, 6.07) is 0.234. The van der Waals surface area contributed by atoms with E-state index in [-0.39, 0.29) is 18.6 Å². The number of aliphatic hydroxyl groups is 1. The summed E-state index contributed by atoms with van der Waals surface area (Å²) in [5.41, 5.74) is 0. The predicted molar refractivity (Wildman–Crippen MR) is 81.1 cm³/mol. The SMILES string of the molecule is CC(C)C1CN(C(=O)CCN2CCOCC2)C(CO)CN1. The fourth-order valence-corrected chi connectivity index (χ4v) is 2.96. The van der Waals surface area contributed by atoms with Crippen molar-refractivity contribution in [2.24, 2.45) is 5.92 Å². The highest BCUT2D eigenvalue weighted by Crippen LogP contribution is 2.14. The molecule has 0 bridgehead atoms. The topological polar surface area (TPSA) is 65.0 Å². The Morgan fingerprint density at radius 1 is 1.38 bits per heavy atom. The number of piperazine rings is 1. The minimum Gasteiger partial charge on any atom is -0.394 e. The van der Waals surface area contributed by atoms with Crippen LogP contribution in [0.5, 0.6) is 0 Å². The first-order valence-corrected chi connectivity index (χ1v) is 8.05. The first kappa shape index (κ1) is 16.7. The Hall–Kier alpha value is -0.690. The van der Waals surface area contributed by atoms with Gasteiger partial charge in [-0.05, 0) is 5.92 Å². The Labute approximate surface area is 127 Å². The maximum absolute atomic E-state index is 12.5. The number of nitrogens with one attached hydrogen (secondary N) is 1. The van der Waals surface area contributed by atoms with E-state index in [1.807, 2.05) is 4.90 Å². The summed E-state index contributed by atoms with van der Waals surface area (Å²) >= 11 is 0.